The molecular formula is C30H39N3O2. The molecule has 1 saturated carbocycles. The van der Waals surface area contributed by atoms with Gasteiger partial charge in [-0.15, -0.1) is 0 Å². The number of amides is 3. The number of hydrogen-bond donors (Lipinski definition) is 0. The summed E-state index contributed by atoms with van der Waals surface area (Å²) in [6.07, 6.45) is 6.47. The number of imide groups is 1. The molecule has 5 heteroatoms. The Hall–Kier alpha value is -2.69. The molecule has 0 N–H and O–H groups in total. The van der Waals surface area contributed by atoms with Gasteiger partial charge < -0.3 is 4.90 Å². The lowest BCUT2D eigenvalue weighted by Crippen LogP contribution is -2.41. The molecule has 35 heavy (non-hydrogen) atoms. The molecule has 0 spiro atoms. The van der Waals surface area contributed by atoms with Gasteiger partial charge in [0.25, 0.3) is 5.91 Å². The van der Waals surface area contributed by atoms with Crippen molar-refractivity contribution in [1.82, 2.24) is 14.8 Å². The fourth-order valence-corrected chi connectivity index (χ4v) is 6.13. The number of fused-ring (bicyclic) bond motifs is 1. The van der Waals surface area contributed by atoms with Crippen molar-refractivity contribution in [3.05, 3.63) is 64.0 Å². The zero-order chi connectivity index (χ0) is 25.6. The predicted octanol–water partition coefficient (Wildman–Crippen LogP) is 5.99. The first-order valence-electron chi connectivity index (χ1n) is 12.9. The molecule has 1 aliphatic heterocycles. The third kappa shape index (κ3) is 3.53. The van der Waals surface area contributed by atoms with Crippen molar-refractivity contribution in [2.45, 2.75) is 102 Å². The predicted molar refractivity (Wildman–Crippen MR) is 139 cm³/mol. The first kappa shape index (κ1) is 24.0. The molecule has 5 nitrogen and oxygen atoms in total. The second-order valence-corrected chi connectivity index (χ2v) is 12.9. The van der Waals surface area contributed by atoms with E-state index in [9.17, 15) is 9.59 Å². The van der Waals surface area contributed by atoms with Gasteiger partial charge in [0.05, 0.1) is 12.2 Å². The second kappa shape index (κ2) is 7.41. The van der Waals surface area contributed by atoms with E-state index in [0.717, 1.165) is 24.1 Å². The number of carbonyl (C=O) groups excluding carboxylic acids is 2. The Morgan fingerprint density at radius 1 is 0.857 bits per heavy atom. The van der Waals surface area contributed by atoms with Crippen LogP contribution in [-0.2, 0) is 27.6 Å². The zero-order valence-corrected chi connectivity index (χ0v) is 22.6. The molecule has 5 rings (SSSR count). The Balaban J connectivity index is 1.45. The molecule has 3 amide bonds. The average Bonchev–Trinajstić information content (AvgIpc) is 3.58. The van der Waals surface area contributed by atoms with Crippen molar-refractivity contribution in [1.29, 1.82) is 0 Å². The maximum atomic E-state index is 12.8. The number of urea groups is 1. The summed E-state index contributed by atoms with van der Waals surface area (Å²) in [5.41, 5.74) is 7.28. The molecule has 2 aliphatic carbocycles. The minimum Gasteiger partial charge on any atom is -0.313 e. The van der Waals surface area contributed by atoms with Gasteiger partial charge in [-0.3, -0.25) is 14.7 Å². The van der Waals surface area contributed by atoms with Crippen molar-refractivity contribution in [3.63, 3.8) is 0 Å². The number of rotatable bonds is 4. The lowest BCUT2D eigenvalue weighted by Gasteiger charge is -2.43. The number of pyridine rings is 1. The van der Waals surface area contributed by atoms with E-state index in [-0.39, 0.29) is 34.7 Å². The first-order valence-corrected chi connectivity index (χ1v) is 12.9. The molecular weight excluding hydrogens is 434 g/mol. The summed E-state index contributed by atoms with van der Waals surface area (Å²) in [5.74, 6) is -0.164. The van der Waals surface area contributed by atoms with E-state index in [1.165, 1.54) is 44.9 Å². The topological polar surface area (TPSA) is 53.5 Å². The summed E-state index contributed by atoms with van der Waals surface area (Å²) in [5, 5.41) is 0. The molecule has 0 unspecified atom stereocenters. The van der Waals surface area contributed by atoms with Gasteiger partial charge in [0.1, 0.15) is 5.54 Å². The smallest absolute Gasteiger partial charge is 0.313 e. The van der Waals surface area contributed by atoms with E-state index in [1.54, 1.807) is 20.9 Å². The summed E-state index contributed by atoms with van der Waals surface area (Å²) in [6.45, 7) is 15.6. The lowest BCUT2D eigenvalue weighted by atomic mass is 9.62. The fraction of sp³-hybridized carbons (Fsp3) is 0.567. The minimum absolute atomic E-state index is 0.0309. The van der Waals surface area contributed by atoms with Gasteiger partial charge in [0, 0.05) is 18.7 Å². The van der Waals surface area contributed by atoms with Crippen LogP contribution in [-0.4, -0.2) is 39.3 Å². The van der Waals surface area contributed by atoms with Crippen LogP contribution in [0.2, 0.25) is 0 Å². The van der Waals surface area contributed by atoms with Crippen LogP contribution in [0.1, 0.15) is 101 Å². The third-order valence-corrected chi connectivity index (χ3v) is 9.24. The number of aryl methyl sites for hydroxylation is 1. The van der Waals surface area contributed by atoms with Gasteiger partial charge in [-0.1, -0.05) is 45.9 Å². The summed E-state index contributed by atoms with van der Waals surface area (Å²) in [4.78, 5) is 33.1. The molecule has 1 aromatic carbocycles. The van der Waals surface area contributed by atoms with E-state index < -0.39 is 5.54 Å². The molecule has 3 aliphatic rings. The highest BCUT2D eigenvalue weighted by Gasteiger charge is 2.50. The second-order valence-electron chi connectivity index (χ2n) is 12.9. The maximum Gasteiger partial charge on any atom is 0.327 e. The highest BCUT2D eigenvalue weighted by Crippen LogP contribution is 2.56. The van der Waals surface area contributed by atoms with Gasteiger partial charge in [-0.05, 0) is 91.2 Å². The van der Waals surface area contributed by atoms with Crippen molar-refractivity contribution >= 4 is 11.9 Å². The Labute approximate surface area is 209 Å². The zero-order valence-electron chi connectivity index (χ0n) is 22.6. The van der Waals surface area contributed by atoms with E-state index in [1.807, 2.05) is 12.3 Å². The highest BCUT2D eigenvalue weighted by molar-refractivity contribution is 6.06. The summed E-state index contributed by atoms with van der Waals surface area (Å²) >= 11 is 0. The summed E-state index contributed by atoms with van der Waals surface area (Å²) in [7, 11) is 1.68. The molecule has 186 valence electrons. The van der Waals surface area contributed by atoms with Gasteiger partial charge in [-0.25, -0.2) is 4.79 Å². The van der Waals surface area contributed by atoms with Gasteiger partial charge >= 0.3 is 6.03 Å². The molecule has 1 aromatic heterocycles. The largest absolute Gasteiger partial charge is 0.327 e. The SMILES string of the molecule is Cc1cc2c(cc1C1(c3ccc(CN4C(=O)N(C)C(C)(C)C4=O)cn3)CC1)C(C)(C)CCC2(C)C. The molecule has 0 bridgehead atoms. The Morgan fingerprint density at radius 2 is 1.46 bits per heavy atom. The standard InChI is InChI=1S/C30H39N3O2/c1-19-15-22-23(28(4,5)12-11-27(22,2)3)16-21(19)30(13-14-30)24-10-9-20(17-31-24)18-33-25(34)29(6,7)32(8)26(33)35/h9-10,15-17H,11-14,18H2,1-8H3. The van der Waals surface area contributed by atoms with Gasteiger partial charge in [0.2, 0.25) is 0 Å². The number of aromatic nitrogens is 1. The average molecular weight is 474 g/mol. The van der Waals surface area contributed by atoms with Crippen LogP contribution in [0.5, 0.6) is 0 Å². The lowest BCUT2D eigenvalue weighted by molar-refractivity contribution is -0.132. The molecule has 2 heterocycles. The molecule has 0 atom stereocenters. The number of nitrogens with zero attached hydrogens (tertiary/aromatic N) is 3. The van der Waals surface area contributed by atoms with Crippen LogP contribution in [0.3, 0.4) is 0 Å². The van der Waals surface area contributed by atoms with Crippen molar-refractivity contribution < 1.29 is 9.59 Å². The highest BCUT2D eigenvalue weighted by atomic mass is 16.2. The van der Waals surface area contributed by atoms with Crippen molar-refractivity contribution in [2.24, 2.45) is 0 Å². The van der Waals surface area contributed by atoms with Crippen molar-refractivity contribution in [3.8, 4) is 0 Å². The third-order valence-electron chi connectivity index (χ3n) is 9.24. The number of hydrogen-bond acceptors (Lipinski definition) is 3. The quantitative estimate of drug-likeness (QED) is 0.513. The van der Waals surface area contributed by atoms with Crippen molar-refractivity contribution in [2.75, 3.05) is 7.05 Å². The number of carbonyl (C=O) groups is 2. The van der Waals surface area contributed by atoms with Gasteiger partial charge in [0.15, 0.2) is 0 Å². The normalized spacial score (nSPS) is 23.4. The molecule has 0 radical (unpaired) electrons. The van der Waals surface area contributed by atoms with Crippen LogP contribution in [0.25, 0.3) is 0 Å². The van der Waals surface area contributed by atoms with Gasteiger partial charge in [-0.2, -0.15) is 0 Å². The summed E-state index contributed by atoms with van der Waals surface area (Å²) in [6, 6.07) is 8.83. The fourth-order valence-electron chi connectivity index (χ4n) is 6.13. The van der Waals surface area contributed by atoms with E-state index >= 15 is 0 Å². The van der Waals surface area contributed by atoms with Crippen LogP contribution in [0.4, 0.5) is 4.79 Å². The van der Waals surface area contributed by atoms with Crippen LogP contribution >= 0.6 is 0 Å². The van der Waals surface area contributed by atoms with Crippen LogP contribution in [0.15, 0.2) is 30.5 Å². The minimum atomic E-state index is -0.811. The first-order chi connectivity index (χ1) is 16.2. The van der Waals surface area contributed by atoms with E-state index in [2.05, 4.69) is 52.8 Å². The maximum absolute atomic E-state index is 12.8. The number of benzene rings is 1. The number of likely N-dealkylation sites (N-methyl/N-ethyl adjacent to an activating group) is 1. The van der Waals surface area contributed by atoms with E-state index in [0.29, 0.717) is 0 Å². The summed E-state index contributed by atoms with van der Waals surface area (Å²) < 4.78 is 0. The Morgan fingerprint density at radius 3 is 1.94 bits per heavy atom. The molecule has 1 saturated heterocycles. The molecule has 2 fully saturated rings. The molecule has 2 aromatic rings. The van der Waals surface area contributed by atoms with Crippen LogP contribution in [0, 0.1) is 6.92 Å². The Bertz CT molecular complexity index is 1220. The van der Waals surface area contributed by atoms with E-state index in [4.69, 9.17) is 4.98 Å². The van der Waals surface area contributed by atoms with Crippen LogP contribution < -0.4 is 0 Å². The Kier molecular flexibility index (Phi) is 5.09. The monoisotopic (exact) mass is 473 g/mol.